The van der Waals surface area contributed by atoms with Crippen LogP contribution in [0.25, 0.3) is 10.2 Å². The Bertz CT molecular complexity index is 1240. The number of nitrogens with one attached hydrogen (secondary N) is 2. The van der Waals surface area contributed by atoms with Gasteiger partial charge in [-0.1, -0.05) is 18.2 Å². The van der Waals surface area contributed by atoms with Gasteiger partial charge in [0, 0.05) is 5.69 Å². The molecule has 2 heterocycles. The minimum absolute atomic E-state index is 0.124. The van der Waals surface area contributed by atoms with E-state index in [0.717, 1.165) is 10.2 Å². The predicted molar refractivity (Wildman–Crippen MR) is 111 cm³/mol. The van der Waals surface area contributed by atoms with Gasteiger partial charge in [0.25, 0.3) is 10.0 Å². The fraction of sp³-hybridized carbons (Fsp3) is 0.0526. The SMILES string of the molecule is COc1ccccc1NS(=O)(=O)c1cccc(Nc2ncnc3sccc23)c1. The molecule has 0 atom stereocenters. The highest BCUT2D eigenvalue weighted by molar-refractivity contribution is 7.92. The van der Waals surface area contributed by atoms with Gasteiger partial charge in [0.15, 0.2) is 0 Å². The largest absolute Gasteiger partial charge is 0.495 e. The summed E-state index contributed by atoms with van der Waals surface area (Å²) in [6.07, 6.45) is 1.48. The molecule has 0 fully saturated rings. The average Bonchev–Trinajstić information content (AvgIpc) is 3.18. The summed E-state index contributed by atoms with van der Waals surface area (Å²) in [5.74, 6) is 1.07. The van der Waals surface area contributed by atoms with E-state index >= 15 is 0 Å². The Kier molecular flexibility index (Phi) is 4.84. The highest BCUT2D eigenvalue weighted by Gasteiger charge is 2.17. The van der Waals surface area contributed by atoms with Crippen LogP contribution in [0.1, 0.15) is 0 Å². The zero-order valence-corrected chi connectivity index (χ0v) is 16.4. The summed E-state index contributed by atoms with van der Waals surface area (Å²) in [4.78, 5) is 9.46. The van der Waals surface area contributed by atoms with Crippen molar-refractivity contribution in [1.82, 2.24) is 9.97 Å². The summed E-state index contributed by atoms with van der Waals surface area (Å²) in [6.45, 7) is 0. The third-order valence-electron chi connectivity index (χ3n) is 4.02. The highest BCUT2D eigenvalue weighted by Crippen LogP contribution is 2.29. The lowest BCUT2D eigenvalue weighted by Gasteiger charge is -2.13. The molecule has 0 saturated heterocycles. The molecular weight excluding hydrogens is 396 g/mol. The first-order valence-corrected chi connectivity index (χ1v) is 10.6. The molecule has 142 valence electrons. The third kappa shape index (κ3) is 3.62. The molecular formula is C19H16N4O3S2. The van der Waals surface area contributed by atoms with Crippen molar-refractivity contribution < 1.29 is 13.2 Å². The van der Waals surface area contributed by atoms with Crippen LogP contribution in [0.4, 0.5) is 17.2 Å². The van der Waals surface area contributed by atoms with Crippen molar-refractivity contribution in [2.75, 3.05) is 17.1 Å². The monoisotopic (exact) mass is 412 g/mol. The second-order valence-corrected chi connectivity index (χ2v) is 8.40. The molecule has 7 nitrogen and oxygen atoms in total. The Morgan fingerprint density at radius 1 is 1.04 bits per heavy atom. The van der Waals surface area contributed by atoms with Crippen molar-refractivity contribution >= 4 is 48.8 Å². The Labute approximate surface area is 166 Å². The molecule has 4 aromatic rings. The molecule has 2 aromatic carbocycles. The van der Waals surface area contributed by atoms with Crippen molar-refractivity contribution in [3.8, 4) is 5.75 Å². The number of hydrogen-bond donors (Lipinski definition) is 2. The van der Waals surface area contributed by atoms with E-state index in [-0.39, 0.29) is 4.90 Å². The predicted octanol–water partition coefficient (Wildman–Crippen LogP) is 4.24. The molecule has 0 spiro atoms. The molecule has 0 unspecified atom stereocenters. The zero-order chi connectivity index (χ0) is 19.6. The summed E-state index contributed by atoms with van der Waals surface area (Å²) < 4.78 is 33.4. The van der Waals surface area contributed by atoms with E-state index in [2.05, 4.69) is 20.0 Å². The molecule has 0 amide bonds. The lowest BCUT2D eigenvalue weighted by Crippen LogP contribution is -2.13. The maximum Gasteiger partial charge on any atom is 0.262 e. The van der Waals surface area contributed by atoms with Crippen LogP contribution in [0.3, 0.4) is 0 Å². The summed E-state index contributed by atoms with van der Waals surface area (Å²) >= 11 is 1.52. The van der Waals surface area contributed by atoms with Gasteiger partial charge in [-0.15, -0.1) is 11.3 Å². The molecule has 2 aromatic heterocycles. The molecule has 9 heteroatoms. The van der Waals surface area contributed by atoms with Crippen molar-refractivity contribution in [1.29, 1.82) is 0 Å². The van der Waals surface area contributed by atoms with E-state index in [0.29, 0.717) is 22.9 Å². The lowest BCUT2D eigenvalue weighted by molar-refractivity contribution is 0.417. The average molecular weight is 412 g/mol. The van der Waals surface area contributed by atoms with E-state index in [9.17, 15) is 8.42 Å². The van der Waals surface area contributed by atoms with Gasteiger partial charge in [-0.25, -0.2) is 18.4 Å². The van der Waals surface area contributed by atoms with Crippen molar-refractivity contribution in [2.24, 2.45) is 0 Å². The van der Waals surface area contributed by atoms with Gasteiger partial charge >= 0.3 is 0 Å². The van der Waals surface area contributed by atoms with Gasteiger partial charge in [-0.2, -0.15) is 0 Å². The number of ether oxygens (including phenoxy) is 1. The van der Waals surface area contributed by atoms with Gasteiger partial charge in [-0.3, -0.25) is 4.72 Å². The maximum absolute atomic E-state index is 12.8. The summed E-state index contributed by atoms with van der Waals surface area (Å²) in [6, 6.07) is 15.3. The van der Waals surface area contributed by atoms with Gasteiger partial charge < -0.3 is 10.1 Å². The Morgan fingerprint density at radius 2 is 1.89 bits per heavy atom. The Balaban J connectivity index is 1.63. The van der Waals surface area contributed by atoms with Crippen LogP contribution in [-0.4, -0.2) is 25.5 Å². The van der Waals surface area contributed by atoms with Gasteiger partial charge in [0.1, 0.15) is 22.7 Å². The van der Waals surface area contributed by atoms with Crippen LogP contribution in [0.5, 0.6) is 5.75 Å². The van der Waals surface area contributed by atoms with Crippen molar-refractivity contribution in [3.63, 3.8) is 0 Å². The minimum atomic E-state index is -3.79. The maximum atomic E-state index is 12.8. The van der Waals surface area contributed by atoms with E-state index in [4.69, 9.17) is 4.74 Å². The summed E-state index contributed by atoms with van der Waals surface area (Å²) in [5, 5.41) is 5.99. The van der Waals surface area contributed by atoms with Crippen LogP contribution in [0.2, 0.25) is 0 Å². The molecule has 28 heavy (non-hydrogen) atoms. The molecule has 0 saturated carbocycles. The zero-order valence-electron chi connectivity index (χ0n) is 14.8. The van der Waals surface area contributed by atoms with Gasteiger partial charge in [0.05, 0.1) is 23.1 Å². The van der Waals surface area contributed by atoms with E-state index < -0.39 is 10.0 Å². The number of para-hydroxylation sites is 2. The number of benzene rings is 2. The van der Waals surface area contributed by atoms with E-state index in [1.807, 2.05) is 11.4 Å². The molecule has 0 aliphatic carbocycles. The number of aromatic nitrogens is 2. The van der Waals surface area contributed by atoms with Crippen LogP contribution < -0.4 is 14.8 Å². The molecule has 0 aliphatic heterocycles. The second-order valence-electron chi connectivity index (χ2n) is 5.82. The smallest absolute Gasteiger partial charge is 0.262 e. The normalized spacial score (nSPS) is 11.3. The number of sulfonamides is 1. The van der Waals surface area contributed by atoms with Gasteiger partial charge in [-0.05, 0) is 41.8 Å². The van der Waals surface area contributed by atoms with Crippen molar-refractivity contribution in [3.05, 3.63) is 66.3 Å². The fourth-order valence-corrected chi connectivity index (χ4v) is 4.55. The standard InChI is InChI=1S/C19H16N4O3S2/c1-26-17-8-3-2-7-16(17)23-28(24,25)14-6-4-5-13(11-14)22-18-15-9-10-27-19(15)21-12-20-18/h2-12,23H,1H3,(H,20,21,22). The molecule has 0 aliphatic rings. The van der Waals surface area contributed by atoms with Crippen LogP contribution >= 0.6 is 11.3 Å². The summed E-state index contributed by atoms with van der Waals surface area (Å²) in [7, 11) is -2.30. The Morgan fingerprint density at radius 3 is 2.75 bits per heavy atom. The topological polar surface area (TPSA) is 93.2 Å². The number of methoxy groups -OCH3 is 1. The number of fused-ring (bicyclic) bond motifs is 1. The third-order valence-corrected chi connectivity index (χ3v) is 6.20. The minimum Gasteiger partial charge on any atom is -0.495 e. The first-order chi connectivity index (χ1) is 13.6. The number of thiophene rings is 1. The van der Waals surface area contributed by atoms with E-state index in [1.54, 1.807) is 42.5 Å². The van der Waals surface area contributed by atoms with Crippen molar-refractivity contribution in [2.45, 2.75) is 4.90 Å². The second kappa shape index (κ2) is 7.45. The Hall–Kier alpha value is -3.17. The van der Waals surface area contributed by atoms with Crippen LogP contribution in [0.15, 0.2) is 71.2 Å². The summed E-state index contributed by atoms with van der Waals surface area (Å²) in [5.41, 5.74) is 0.980. The molecule has 4 rings (SSSR count). The first kappa shape index (κ1) is 18.2. The number of anilines is 3. The number of hydrogen-bond acceptors (Lipinski definition) is 7. The van der Waals surface area contributed by atoms with Crippen LogP contribution in [-0.2, 0) is 10.0 Å². The first-order valence-electron chi connectivity index (χ1n) is 8.28. The molecule has 2 N–H and O–H groups in total. The molecule has 0 radical (unpaired) electrons. The fourth-order valence-electron chi connectivity index (χ4n) is 2.70. The van der Waals surface area contributed by atoms with Crippen LogP contribution in [0, 0.1) is 0 Å². The number of nitrogens with zero attached hydrogens (tertiary/aromatic N) is 2. The van der Waals surface area contributed by atoms with Gasteiger partial charge in [0.2, 0.25) is 0 Å². The molecule has 0 bridgehead atoms. The quantitative estimate of drug-likeness (QED) is 0.492. The number of rotatable bonds is 6. The highest BCUT2D eigenvalue weighted by atomic mass is 32.2. The van der Waals surface area contributed by atoms with E-state index in [1.165, 1.54) is 30.8 Å². The lowest BCUT2D eigenvalue weighted by atomic mass is 10.3.